The predicted octanol–water partition coefficient (Wildman–Crippen LogP) is 3.13. The average molecular weight is 337 g/mol. The van der Waals surface area contributed by atoms with E-state index >= 15 is 0 Å². The first-order valence-electron chi connectivity index (χ1n) is 8.50. The third-order valence-corrected chi connectivity index (χ3v) is 4.50. The van der Waals surface area contributed by atoms with Crippen LogP contribution >= 0.6 is 0 Å². The molecule has 2 aromatic rings. The molecule has 4 rings (SSSR count). The van der Waals surface area contributed by atoms with E-state index in [0.717, 1.165) is 24.0 Å². The largest absolute Gasteiger partial charge is 0.457 e. The topological polar surface area (TPSA) is 64.6 Å². The summed E-state index contributed by atoms with van der Waals surface area (Å²) in [6, 6.07) is 15.0. The minimum Gasteiger partial charge on any atom is -0.457 e. The number of carbonyl (C=O) groups is 2. The predicted molar refractivity (Wildman–Crippen MR) is 91.5 cm³/mol. The van der Waals surface area contributed by atoms with E-state index in [2.05, 4.69) is 5.32 Å². The van der Waals surface area contributed by atoms with Crippen molar-refractivity contribution >= 4 is 11.9 Å². The van der Waals surface area contributed by atoms with Crippen LogP contribution in [0.5, 0.6) is 11.5 Å². The lowest BCUT2D eigenvalue weighted by Gasteiger charge is -2.27. The highest BCUT2D eigenvalue weighted by atomic mass is 16.5. The van der Waals surface area contributed by atoms with Crippen LogP contribution in [0, 0.1) is 0 Å². The van der Waals surface area contributed by atoms with E-state index in [1.54, 1.807) is 6.92 Å². The van der Waals surface area contributed by atoms with Crippen LogP contribution in [0.4, 0.5) is 0 Å². The summed E-state index contributed by atoms with van der Waals surface area (Å²) in [5.74, 6) is -0.0140. The van der Waals surface area contributed by atoms with Crippen molar-refractivity contribution in [2.75, 3.05) is 0 Å². The minimum atomic E-state index is -0.824. The van der Waals surface area contributed by atoms with Crippen LogP contribution in [0.25, 0.3) is 0 Å². The second kappa shape index (κ2) is 6.24. The SMILES string of the molecule is C[C@@H](OC(=O)C1c2ccccc2Oc2ccccc21)C(=O)NC1CC1. The van der Waals surface area contributed by atoms with Gasteiger partial charge in [0.2, 0.25) is 0 Å². The van der Waals surface area contributed by atoms with E-state index in [0.29, 0.717) is 11.5 Å². The number of rotatable bonds is 4. The van der Waals surface area contributed by atoms with Gasteiger partial charge in [-0.25, -0.2) is 0 Å². The zero-order valence-corrected chi connectivity index (χ0v) is 13.9. The zero-order chi connectivity index (χ0) is 17.4. The summed E-state index contributed by atoms with van der Waals surface area (Å²) in [6.07, 6.45) is 1.16. The third kappa shape index (κ3) is 3.09. The number of hydrogen-bond donors (Lipinski definition) is 1. The quantitative estimate of drug-likeness (QED) is 0.871. The molecule has 0 bridgehead atoms. The fraction of sp³-hybridized carbons (Fsp3) is 0.300. The highest BCUT2D eigenvalue weighted by Gasteiger charge is 2.35. The van der Waals surface area contributed by atoms with Gasteiger partial charge in [-0.2, -0.15) is 0 Å². The molecule has 2 aromatic carbocycles. The molecule has 0 saturated heterocycles. The summed E-state index contributed by atoms with van der Waals surface area (Å²) < 4.78 is 11.4. The van der Waals surface area contributed by atoms with Gasteiger partial charge in [-0.1, -0.05) is 36.4 Å². The Hall–Kier alpha value is -2.82. The molecule has 1 aliphatic carbocycles. The first kappa shape index (κ1) is 15.7. The Morgan fingerprint density at radius 1 is 1.04 bits per heavy atom. The van der Waals surface area contributed by atoms with E-state index in [1.807, 2.05) is 48.5 Å². The number of para-hydroxylation sites is 2. The van der Waals surface area contributed by atoms with Crippen LogP contribution in [-0.2, 0) is 14.3 Å². The number of fused-ring (bicyclic) bond motifs is 2. The molecular weight excluding hydrogens is 318 g/mol. The number of nitrogens with one attached hydrogen (secondary N) is 1. The van der Waals surface area contributed by atoms with Crippen LogP contribution in [0.1, 0.15) is 36.8 Å². The molecule has 1 heterocycles. The highest BCUT2D eigenvalue weighted by molar-refractivity contribution is 5.89. The molecule has 1 saturated carbocycles. The van der Waals surface area contributed by atoms with Crippen LogP contribution in [0.2, 0.25) is 0 Å². The van der Waals surface area contributed by atoms with Crippen molar-refractivity contribution in [2.24, 2.45) is 0 Å². The van der Waals surface area contributed by atoms with Gasteiger partial charge in [-0.15, -0.1) is 0 Å². The van der Waals surface area contributed by atoms with Gasteiger partial charge in [-0.3, -0.25) is 9.59 Å². The van der Waals surface area contributed by atoms with Crippen molar-refractivity contribution in [1.82, 2.24) is 5.32 Å². The Labute approximate surface area is 145 Å². The number of amides is 1. The average Bonchev–Trinajstić information content (AvgIpc) is 3.43. The summed E-state index contributed by atoms with van der Waals surface area (Å²) >= 11 is 0. The van der Waals surface area contributed by atoms with E-state index in [-0.39, 0.29) is 11.9 Å². The number of hydrogen-bond acceptors (Lipinski definition) is 4. The number of ether oxygens (including phenoxy) is 2. The summed E-state index contributed by atoms with van der Waals surface area (Å²) in [5.41, 5.74) is 1.50. The molecular formula is C20H19NO4. The Morgan fingerprint density at radius 2 is 1.60 bits per heavy atom. The first-order valence-corrected chi connectivity index (χ1v) is 8.50. The molecule has 0 spiro atoms. The molecule has 1 aliphatic heterocycles. The van der Waals surface area contributed by atoms with E-state index in [4.69, 9.17) is 9.47 Å². The number of carbonyl (C=O) groups excluding carboxylic acids is 2. The lowest BCUT2D eigenvalue weighted by atomic mass is 9.88. The lowest BCUT2D eigenvalue weighted by molar-refractivity contribution is -0.155. The second-order valence-electron chi connectivity index (χ2n) is 6.47. The molecule has 5 nitrogen and oxygen atoms in total. The maximum Gasteiger partial charge on any atom is 0.318 e. The fourth-order valence-electron chi connectivity index (χ4n) is 3.01. The molecule has 25 heavy (non-hydrogen) atoms. The van der Waals surface area contributed by atoms with Crippen molar-refractivity contribution in [3.8, 4) is 11.5 Å². The summed E-state index contributed by atoms with van der Waals surface area (Å²) in [4.78, 5) is 25.0. The van der Waals surface area contributed by atoms with Crippen LogP contribution in [0.3, 0.4) is 0 Å². The van der Waals surface area contributed by atoms with Gasteiger partial charge >= 0.3 is 5.97 Å². The molecule has 1 amide bonds. The van der Waals surface area contributed by atoms with Gasteiger partial charge in [0.25, 0.3) is 5.91 Å². The van der Waals surface area contributed by atoms with Crippen molar-refractivity contribution in [3.63, 3.8) is 0 Å². The number of esters is 1. The van der Waals surface area contributed by atoms with Gasteiger partial charge in [0.15, 0.2) is 6.10 Å². The monoisotopic (exact) mass is 337 g/mol. The molecule has 1 N–H and O–H groups in total. The van der Waals surface area contributed by atoms with Crippen molar-refractivity contribution in [2.45, 2.75) is 37.8 Å². The molecule has 128 valence electrons. The first-order chi connectivity index (χ1) is 12.1. The second-order valence-corrected chi connectivity index (χ2v) is 6.47. The van der Waals surface area contributed by atoms with Gasteiger partial charge < -0.3 is 14.8 Å². The van der Waals surface area contributed by atoms with E-state index < -0.39 is 18.0 Å². The maximum absolute atomic E-state index is 12.9. The summed E-state index contributed by atoms with van der Waals surface area (Å²) in [5, 5.41) is 2.86. The van der Waals surface area contributed by atoms with Crippen LogP contribution < -0.4 is 10.1 Å². The third-order valence-electron chi connectivity index (χ3n) is 4.50. The summed E-state index contributed by atoms with van der Waals surface area (Å²) in [6.45, 7) is 1.60. The maximum atomic E-state index is 12.9. The van der Waals surface area contributed by atoms with Crippen LogP contribution in [0.15, 0.2) is 48.5 Å². The van der Waals surface area contributed by atoms with E-state index in [1.165, 1.54) is 0 Å². The fourth-order valence-corrected chi connectivity index (χ4v) is 3.01. The lowest BCUT2D eigenvalue weighted by Crippen LogP contribution is -2.38. The van der Waals surface area contributed by atoms with Gasteiger partial charge in [0.05, 0.1) is 0 Å². The molecule has 0 aromatic heterocycles. The van der Waals surface area contributed by atoms with Crippen molar-refractivity contribution < 1.29 is 19.1 Å². The molecule has 1 fully saturated rings. The smallest absolute Gasteiger partial charge is 0.318 e. The Bertz CT molecular complexity index is 782. The molecule has 5 heteroatoms. The normalized spacial score (nSPS) is 16.8. The summed E-state index contributed by atoms with van der Waals surface area (Å²) in [7, 11) is 0. The molecule has 1 atom stereocenters. The minimum absolute atomic E-state index is 0.234. The van der Waals surface area contributed by atoms with Crippen LogP contribution in [-0.4, -0.2) is 24.0 Å². The van der Waals surface area contributed by atoms with Gasteiger partial charge in [-0.05, 0) is 31.9 Å². The Kier molecular flexibility index (Phi) is 3.92. The molecule has 2 aliphatic rings. The molecule has 0 radical (unpaired) electrons. The number of benzene rings is 2. The van der Waals surface area contributed by atoms with Crippen molar-refractivity contribution in [1.29, 1.82) is 0 Å². The van der Waals surface area contributed by atoms with Gasteiger partial charge in [0, 0.05) is 17.2 Å². The van der Waals surface area contributed by atoms with Gasteiger partial charge in [0.1, 0.15) is 17.4 Å². The Morgan fingerprint density at radius 3 is 2.16 bits per heavy atom. The highest BCUT2D eigenvalue weighted by Crippen LogP contribution is 2.44. The Balaban J connectivity index is 1.60. The standard InChI is InChI=1S/C20H19NO4/c1-12(19(22)21-13-10-11-13)24-20(23)18-14-6-2-4-8-16(14)25-17-9-5-3-7-15(17)18/h2-9,12-13,18H,10-11H2,1H3,(H,21,22)/t12-/m1/s1. The van der Waals surface area contributed by atoms with Crippen molar-refractivity contribution in [3.05, 3.63) is 59.7 Å². The zero-order valence-electron chi connectivity index (χ0n) is 13.9. The van der Waals surface area contributed by atoms with E-state index in [9.17, 15) is 9.59 Å². The molecule has 0 unspecified atom stereocenters.